The van der Waals surface area contributed by atoms with E-state index in [0.717, 1.165) is 16.6 Å². The molecular formula is C10H10ClN3O. The minimum Gasteiger partial charge on any atom is -0.325 e. The molecule has 0 unspecified atom stereocenters. The van der Waals surface area contributed by atoms with Gasteiger partial charge in [0.2, 0.25) is 5.91 Å². The lowest BCUT2D eigenvalue weighted by Crippen LogP contribution is -2.11. The largest absolute Gasteiger partial charge is 0.325 e. The highest BCUT2D eigenvalue weighted by Gasteiger charge is 2.05. The molecule has 1 aromatic heterocycles. The minimum atomic E-state index is -0.0845. The van der Waals surface area contributed by atoms with Gasteiger partial charge >= 0.3 is 0 Å². The number of amides is 1. The predicted molar refractivity (Wildman–Crippen MR) is 60.1 cm³/mol. The fourth-order valence-corrected chi connectivity index (χ4v) is 1.55. The fraction of sp³-hybridized carbons (Fsp3) is 0.200. The molecule has 0 saturated carbocycles. The number of aromatic nitrogens is 2. The number of nitrogens with zero attached hydrogens (tertiary/aromatic N) is 1. The van der Waals surface area contributed by atoms with Gasteiger partial charge in [-0.1, -0.05) is 6.07 Å². The van der Waals surface area contributed by atoms with E-state index in [1.807, 2.05) is 18.2 Å². The van der Waals surface area contributed by atoms with Crippen molar-refractivity contribution in [1.82, 2.24) is 10.2 Å². The first kappa shape index (κ1) is 9.98. The molecule has 2 aromatic rings. The summed E-state index contributed by atoms with van der Waals surface area (Å²) in [5.41, 5.74) is 1.66. The van der Waals surface area contributed by atoms with E-state index in [1.54, 1.807) is 6.20 Å². The van der Waals surface area contributed by atoms with Gasteiger partial charge < -0.3 is 5.32 Å². The van der Waals surface area contributed by atoms with Crippen molar-refractivity contribution in [3.8, 4) is 0 Å². The summed E-state index contributed by atoms with van der Waals surface area (Å²) in [7, 11) is 0. The van der Waals surface area contributed by atoms with Gasteiger partial charge in [-0.15, -0.1) is 11.6 Å². The van der Waals surface area contributed by atoms with Gasteiger partial charge in [-0.05, 0) is 12.1 Å². The van der Waals surface area contributed by atoms with Gasteiger partial charge in [0, 0.05) is 17.7 Å². The average Bonchev–Trinajstić information content (AvgIpc) is 2.67. The minimum absolute atomic E-state index is 0.0845. The van der Waals surface area contributed by atoms with Crippen molar-refractivity contribution in [2.24, 2.45) is 0 Å². The van der Waals surface area contributed by atoms with Gasteiger partial charge in [0.25, 0.3) is 0 Å². The lowest BCUT2D eigenvalue weighted by atomic mass is 10.2. The predicted octanol–water partition coefficient (Wildman–Crippen LogP) is 2.13. The summed E-state index contributed by atoms with van der Waals surface area (Å²) in [6.45, 7) is 0. The normalized spacial score (nSPS) is 10.5. The van der Waals surface area contributed by atoms with Crippen LogP contribution >= 0.6 is 11.6 Å². The quantitative estimate of drug-likeness (QED) is 0.784. The second kappa shape index (κ2) is 4.31. The number of anilines is 1. The molecule has 0 spiro atoms. The number of rotatable bonds is 3. The van der Waals surface area contributed by atoms with Gasteiger partial charge in [0.1, 0.15) is 0 Å². The van der Waals surface area contributed by atoms with Crippen LogP contribution in [0.25, 0.3) is 10.9 Å². The number of aromatic amines is 1. The number of carbonyl (C=O) groups is 1. The van der Waals surface area contributed by atoms with Crippen molar-refractivity contribution in [3.63, 3.8) is 0 Å². The van der Waals surface area contributed by atoms with E-state index in [2.05, 4.69) is 15.5 Å². The number of carbonyl (C=O) groups excluding carboxylic acids is 1. The van der Waals surface area contributed by atoms with Crippen LogP contribution in [0.3, 0.4) is 0 Å². The number of hydrogen-bond acceptors (Lipinski definition) is 2. The maximum Gasteiger partial charge on any atom is 0.225 e. The van der Waals surface area contributed by atoms with Gasteiger partial charge in [-0.2, -0.15) is 5.10 Å². The molecule has 0 aliphatic carbocycles. The summed E-state index contributed by atoms with van der Waals surface area (Å²) >= 11 is 5.48. The van der Waals surface area contributed by atoms with Crippen LogP contribution in [0.1, 0.15) is 6.42 Å². The first-order chi connectivity index (χ1) is 7.31. The standard InChI is InChI=1S/C10H10ClN3O/c11-5-4-10(15)13-8-2-1-3-9-7(8)6-12-14-9/h1-3,6H,4-5H2,(H,12,14)(H,13,15). The van der Waals surface area contributed by atoms with Gasteiger partial charge in [-0.25, -0.2) is 0 Å². The summed E-state index contributed by atoms with van der Waals surface area (Å²) in [5, 5.41) is 10.4. The average molecular weight is 224 g/mol. The van der Waals surface area contributed by atoms with Crippen molar-refractivity contribution in [3.05, 3.63) is 24.4 Å². The number of alkyl halides is 1. The Bertz CT molecular complexity index is 480. The molecule has 0 bridgehead atoms. The SMILES string of the molecule is O=C(CCCl)Nc1cccc2[nH]ncc12. The summed E-state index contributed by atoms with van der Waals surface area (Å²) < 4.78 is 0. The topological polar surface area (TPSA) is 57.8 Å². The molecule has 0 fully saturated rings. The van der Waals surface area contributed by atoms with Crippen LogP contribution in [-0.2, 0) is 4.79 Å². The van der Waals surface area contributed by atoms with Crippen LogP contribution in [0.4, 0.5) is 5.69 Å². The van der Waals surface area contributed by atoms with Crippen LogP contribution in [-0.4, -0.2) is 22.0 Å². The molecule has 4 nitrogen and oxygen atoms in total. The van der Waals surface area contributed by atoms with Crippen molar-refractivity contribution >= 4 is 34.1 Å². The van der Waals surface area contributed by atoms with Gasteiger partial charge in [0.05, 0.1) is 17.4 Å². The van der Waals surface area contributed by atoms with Crippen LogP contribution in [0.2, 0.25) is 0 Å². The lowest BCUT2D eigenvalue weighted by Gasteiger charge is -2.04. The molecule has 0 radical (unpaired) electrons. The summed E-state index contributed by atoms with van der Waals surface area (Å²) in [6, 6.07) is 5.60. The summed E-state index contributed by atoms with van der Waals surface area (Å²) in [5.74, 6) is 0.242. The van der Waals surface area contributed by atoms with E-state index in [0.29, 0.717) is 12.3 Å². The Morgan fingerprint density at radius 3 is 3.20 bits per heavy atom. The monoisotopic (exact) mass is 223 g/mol. The number of benzene rings is 1. The smallest absolute Gasteiger partial charge is 0.225 e. The number of H-pyrrole nitrogens is 1. The van der Waals surface area contributed by atoms with Gasteiger partial charge in [0.15, 0.2) is 0 Å². The molecule has 0 aliphatic heterocycles. The molecule has 5 heteroatoms. The van der Waals surface area contributed by atoms with Crippen molar-refractivity contribution < 1.29 is 4.79 Å². The molecule has 0 atom stereocenters. The van der Waals surface area contributed by atoms with E-state index >= 15 is 0 Å². The van der Waals surface area contributed by atoms with E-state index in [-0.39, 0.29) is 5.91 Å². The van der Waals surface area contributed by atoms with Crippen molar-refractivity contribution in [2.45, 2.75) is 6.42 Å². The van der Waals surface area contributed by atoms with Crippen LogP contribution in [0.5, 0.6) is 0 Å². The zero-order valence-corrected chi connectivity index (χ0v) is 8.71. The molecule has 2 rings (SSSR count). The lowest BCUT2D eigenvalue weighted by molar-refractivity contribution is -0.115. The molecule has 0 saturated heterocycles. The Balaban J connectivity index is 2.27. The Hall–Kier alpha value is -1.55. The maximum atomic E-state index is 11.4. The van der Waals surface area contributed by atoms with E-state index in [1.165, 1.54) is 0 Å². The summed E-state index contributed by atoms with van der Waals surface area (Å²) in [4.78, 5) is 11.4. The number of nitrogens with one attached hydrogen (secondary N) is 2. The Morgan fingerprint density at radius 1 is 1.53 bits per heavy atom. The summed E-state index contributed by atoms with van der Waals surface area (Å²) in [6.07, 6.45) is 2.00. The molecule has 2 N–H and O–H groups in total. The second-order valence-electron chi connectivity index (χ2n) is 3.12. The molecule has 15 heavy (non-hydrogen) atoms. The van der Waals surface area contributed by atoms with Gasteiger partial charge in [-0.3, -0.25) is 9.89 Å². The highest BCUT2D eigenvalue weighted by Crippen LogP contribution is 2.20. The van der Waals surface area contributed by atoms with Crippen LogP contribution < -0.4 is 5.32 Å². The fourth-order valence-electron chi connectivity index (χ4n) is 1.38. The molecular weight excluding hydrogens is 214 g/mol. The van der Waals surface area contributed by atoms with Crippen molar-refractivity contribution in [2.75, 3.05) is 11.2 Å². The van der Waals surface area contributed by atoms with E-state index in [9.17, 15) is 4.79 Å². The van der Waals surface area contributed by atoms with Crippen LogP contribution in [0, 0.1) is 0 Å². The molecule has 1 amide bonds. The highest BCUT2D eigenvalue weighted by molar-refractivity contribution is 6.19. The molecule has 1 heterocycles. The Morgan fingerprint density at radius 2 is 2.40 bits per heavy atom. The number of fused-ring (bicyclic) bond motifs is 1. The van der Waals surface area contributed by atoms with Crippen molar-refractivity contribution in [1.29, 1.82) is 0 Å². The highest BCUT2D eigenvalue weighted by atomic mass is 35.5. The first-order valence-electron chi connectivity index (χ1n) is 4.59. The number of halogens is 1. The molecule has 78 valence electrons. The number of hydrogen-bond donors (Lipinski definition) is 2. The Kier molecular flexibility index (Phi) is 2.87. The third kappa shape index (κ3) is 2.10. The Labute approximate surface area is 91.6 Å². The van der Waals surface area contributed by atoms with Crippen LogP contribution in [0.15, 0.2) is 24.4 Å². The van der Waals surface area contributed by atoms with E-state index < -0.39 is 0 Å². The zero-order valence-electron chi connectivity index (χ0n) is 7.96. The zero-order chi connectivity index (χ0) is 10.7. The molecule has 0 aliphatic rings. The first-order valence-corrected chi connectivity index (χ1v) is 5.12. The molecule has 1 aromatic carbocycles. The second-order valence-corrected chi connectivity index (χ2v) is 3.50. The maximum absolute atomic E-state index is 11.4. The third-order valence-electron chi connectivity index (χ3n) is 2.08. The third-order valence-corrected chi connectivity index (χ3v) is 2.27. The van der Waals surface area contributed by atoms with E-state index in [4.69, 9.17) is 11.6 Å².